The highest BCUT2D eigenvalue weighted by atomic mass is 16.5. The Labute approximate surface area is 146 Å². The topological polar surface area (TPSA) is 52.3 Å². The summed E-state index contributed by atoms with van der Waals surface area (Å²) in [5.41, 5.74) is 4.24. The summed E-state index contributed by atoms with van der Waals surface area (Å²) in [7, 11) is 1.54. The number of benzene rings is 1. The molecule has 4 rings (SSSR count). The first-order valence-electron chi connectivity index (χ1n) is 8.26. The van der Waals surface area contributed by atoms with Gasteiger partial charge in [0.2, 0.25) is 5.91 Å². The Morgan fingerprint density at radius 3 is 2.64 bits per heavy atom. The van der Waals surface area contributed by atoms with Gasteiger partial charge in [-0.1, -0.05) is 18.2 Å². The smallest absolute Gasteiger partial charge is 0.249 e. The second-order valence-corrected chi connectivity index (χ2v) is 6.22. The molecule has 0 aliphatic carbocycles. The lowest BCUT2D eigenvalue weighted by Gasteiger charge is -2.17. The van der Waals surface area contributed by atoms with E-state index in [9.17, 15) is 4.79 Å². The monoisotopic (exact) mass is 336 g/mol. The van der Waals surface area contributed by atoms with Crippen LogP contribution < -0.4 is 0 Å². The molecule has 0 atom stereocenters. The Kier molecular flexibility index (Phi) is 3.89. The molecule has 6 heteroatoms. The summed E-state index contributed by atoms with van der Waals surface area (Å²) in [6.45, 7) is 3.25. The number of hydrogen-bond acceptors (Lipinski definition) is 3. The second kappa shape index (κ2) is 6.22. The lowest BCUT2D eigenvalue weighted by Crippen LogP contribution is -2.29. The third kappa shape index (κ3) is 2.64. The number of amides is 1. The van der Waals surface area contributed by atoms with Crippen LogP contribution in [0.15, 0.2) is 48.8 Å². The molecule has 0 saturated carbocycles. The lowest BCUT2D eigenvalue weighted by atomic mass is 10.2. The molecule has 0 saturated heterocycles. The van der Waals surface area contributed by atoms with E-state index in [1.165, 1.54) is 7.11 Å². The number of methoxy groups -OCH3 is 1. The maximum atomic E-state index is 12.2. The number of hydrogen-bond donors (Lipinski definition) is 0. The van der Waals surface area contributed by atoms with E-state index in [1.807, 2.05) is 41.3 Å². The molecule has 128 valence electrons. The minimum atomic E-state index is -0.0126. The summed E-state index contributed by atoms with van der Waals surface area (Å²) in [6, 6.07) is 12.2. The van der Waals surface area contributed by atoms with Crippen LogP contribution in [0.2, 0.25) is 0 Å². The summed E-state index contributed by atoms with van der Waals surface area (Å²) >= 11 is 0. The van der Waals surface area contributed by atoms with Gasteiger partial charge in [-0.15, -0.1) is 0 Å². The quantitative estimate of drug-likeness (QED) is 0.735. The van der Waals surface area contributed by atoms with Crippen molar-refractivity contribution in [3.8, 4) is 11.5 Å². The van der Waals surface area contributed by atoms with Crippen molar-refractivity contribution in [1.82, 2.24) is 19.2 Å². The Morgan fingerprint density at radius 2 is 1.92 bits per heavy atom. The van der Waals surface area contributed by atoms with E-state index in [2.05, 4.69) is 23.6 Å². The van der Waals surface area contributed by atoms with Gasteiger partial charge in [-0.05, 0) is 30.7 Å². The molecule has 2 aromatic heterocycles. The Balaban J connectivity index is 1.81. The molecule has 1 amide bonds. The van der Waals surface area contributed by atoms with Gasteiger partial charge in [-0.3, -0.25) is 4.79 Å². The summed E-state index contributed by atoms with van der Waals surface area (Å²) in [5.74, 6) is 0.975. The summed E-state index contributed by atoms with van der Waals surface area (Å²) in [6.07, 6.45) is 4.01. The van der Waals surface area contributed by atoms with Crippen molar-refractivity contribution in [1.29, 1.82) is 0 Å². The van der Waals surface area contributed by atoms with Gasteiger partial charge in [0.1, 0.15) is 12.4 Å². The predicted molar refractivity (Wildman–Crippen MR) is 93.8 cm³/mol. The van der Waals surface area contributed by atoms with Crippen molar-refractivity contribution in [2.45, 2.75) is 20.0 Å². The van der Waals surface area contributed by atoms with Crippen LogP contribution in [0, 0.1) is 6.92 Å². The number of rotatable bonds is 4. The molecule has 1 aliphatic rings. The average Bonchev–Trinajstić information content (AvgIpc) is 3.30. The molecule has 3 heterocycles. The molecule has 25 heavy (non-hydrogen) atoms. The molecular weight excluding hydrogens is 316 g/mol. The first-order valence-corrected chi connectivity index (χ1v) is 8.26. The molecular formula is C19H20N4O2. The molecule has 0 spiro atoms. The van der Waals surface area contributed by atoms with Gasteiger partial charge in [-0.2, -0.15) is 5.10 Å². The molecule has 3 aromatic rings. The third-order valence-corrected chi connectivity index (χ3v) is 4.54. The standard InChI is InChI=1S/C19H20N4O2/c1-14-7-3-4-8-17(14)23-19(21-9-5-6-10-21)15-11-22(12-16(15)20-23)18(24)13-25-2/h3-10H,11-13H2,1-2H3. The first-order chi connectivity index (χ1) is 12.2. The highest BCUT2D eigenvalue weighted by Crippen LogP contribution is 2.31. The number of para-hydroxylation sites is 1. The highest BCUT2D eigenvalue weighted by molar-refractivity contribution is 5.78. The van der Waals surface area contributed by atoms with Gasteiger partial charge >= 0.3 is 0 Å². The number of nitrogens with zero attached hydrogens (tertiary/aromatic N) is 4. The zero-order chi connectivity index (χ0) is 17.4. The maximum Gasteiger partial charge on any atom is 0.249 e. The summed E-state index contributed by atoms with van der Waals surface area (Å²) < 4.78 is 9.02. The predicted octanol–water partition coefficient (Wildman–Crippen LogP) is 2.46. The fraction of sp³-hybridized carbons (Fsp3) is 0.263. The van der Waals surface area contributed by atoms with Crippen molar-refractivity contribution in [3.05, 3.63) is 65.6 Å². The van der Waals surface area contributed by atoms with Crippen LogP contribution >= 0.6 is 0 Å². The number of carbonyl (C=O) groups excluding carboxylic acids is 1. The van der Waals surface area contributed by atoms with E-state index in [0.29, 0.717) is 13.1 Å². The van der Waals surface area contributed by atoms with Crippen molar-refractivity contribution in [2.75, 3.05) is 13.7 Å². The van der Waals surface area contributed by atoms with Crippen molar-refractivity contribution in [2.24, 2.45) is 0 Å². The number of ether oxygens (including phenoxy) is 1. The van der Waals surface area contributed by atoms with Gasteiger partial charge in [0.15, 0.2) is 0 Å². The Morgan fingerprint density at radius 1 is 1.16 bits per heavy atom. The number of aromatic nitrogens is 3. The van der Waals surface area contributed by atoms with Crippen LogP contribution in [0.25, 0.3) is 11.5 Å². The lowest BCUT2D eigenvalue weighted by molar-refractivity contribution is -0.135. The third-order valence-electron chi connectivity index (χ3n) is 4.54. The van der Waals surface area contributed by atoms with Gasteiger partial charge in [-0.25, -0.2) is 4.68 Å². The van der Waals surface area contributed by atoms with Gasteiger partial charge < -0.3 is 14.2 Å². The number of aryl methyl sites for hydroxylation is 1. The average molecular weight is 336 g/mol. The van der Waals surface area contributed by atoms with Crippen molar-refractivity contribution in [3.63, 3.8) is 0 Å². The van der Waals surface area contributed by atoms with Gasteiger partial charge in [0.05, 0.1) is 24.5 Å². The van der Waals surface area contributed by atoms with Crippen LogP contribution in [0.1, 0.15) is 16.8 Å². The van der Waals surface area contributed by atoms with Crippen LogP contribution in [0.4, 0.5) is 0 Å². The second-order valence-electron chi connectivity index (χ2n) is 6.22. The first kappa shape index (κ1) is 15.7. The molecule has 6 nitrogen and oxygen atoms in total. The fourth-order valence-corrected chi connectivity index (χ4v) is 3.30. The summed E-state index contributed by atoms with van der Waals surface area (Å²) in [4.78, 5) is 14.0. The SMILES string of the molecule is COCC(=O)N1Cc2nn(-c3ccccc3C)c(-n3cccc3)c2C1. The Bertz CT molecular complexity index is 912. The van der Waals surface area contributed by atoms with Crippen LogP contribution in [0.3, 0.4) is 0 Å². The van der Waals surface area contributed by atoms with Crippen LogP contribution in [0.5, 0.6) is 0 Å². The number of fused-ring (bicyclic) bond motifs is 1. The van der Waals surface area contributed by atoms with Crippen LogP contribution in [-0.2, 0) is 22.6 Å². The molecule has 0 fully saturated rings. The summed E-state index contributed by atoms with van der Waals surface area (Å²) in [5, 5.41) is 4.83. The maximum absolute atomic E-state index is 12.2. The molecule has 0 bridgehead atoms. The van der Waals surface area contributed by atoms with Crippen molar-refractivity contribution < 1.29 is 9.53 Å². The molecule has 1 aliphatic heterocycles. The molecule has 0 radical (unpaired) electrons. The zero-order valence-corrected chi connectivity index (χ0v) is 14.3. The minimum absolute atomic E-state index is 0.0126. The van der Waals surface area contributed by atoms with E-state index in [-0.39, 0.29) is 12.5 Å². The van der Waals surface area contributed by atoms with E-state index < -0.39 is 0 Å². The highest BCUT2D eigenvalue weighted by Gasteiger charge is 2.31. The zero-order valence-electron chi connectivity index (χ0n) is 14.3. The van der Waals surface area contributed by atoms with E-state index in [1.54, 1.807) is 4.90 Å². The minimum Gasteiger partial charge on any atom is -0.375 e. The largest absolute Gasteiger partial charge is 0.375 e. The van der Waals surface area contributed by atoms with Gasteiger partial charge in [0, 0.05) is 25.1 Å². The number of carbonyl (C=O) groups is 1. The molecule has 1 aromatic carbocycles. The normalized spacial score (nSPS) is 13.3. The fourth-order valence-electron chi connectivity index (χ4n) is 3.30. The molecule has 0 unspecified atom stereocenters. The van der Waals surface area contributed by atoms with Crippen LogP contribution in [-0.4, -0.2) is 38.9 Å². The molecule has 0 N–H and O–H groups in total. The van der Waals surface area contributed by atoms with E-state index >= 15 is 0 Å². The van der Waals surface area contributed by atoms with Crippen molar-refractivity contribution >= 4 is 5.91 Å². The van der Waals surface area contributed by atoms with Gasteiger partial charge in [0.25, 0.3) is 0 Å². The van der Waals surface area contributed by atoms with E-state index in [0.717, 1.165) is 28.3 Å². The van der Waals surface area contributed by atoms with E-state index in [4.69, 9.17) is 9.84 Å². The Hall–Kier alpha value is -2.86.